The highest BCUT2D eigenvalue weighted by atomic mass is 35.5. The van der Waals surface area contributed by atoms with E-state index in [1.165, 1.54) is 7.05 Å². The summed E-state index contributed by atoms with van der Waals surface area (Å²) in [6, 6.07) is 0. The van der Waals surface area contributed by atoms with Crippen LogP contribution >= 0.6 is 24.8 Å². The molecule has 1 saturated heterocycles. The Balaban J connectivity index is 0. The minimum atomic E-state index is -4.14. The third-order valence-corrected chi connectivity index (χ3v) is 2.48. The molecule has 0 spiro atoms. The number of rotatable bonds is 1. The molecular formula is C7H15Cl2F3N2. The highest BCUT2D eigenvalue weighted by Crippen LogP contribution is 2.36. The number of alkyl halides is 3. The van der Waals surface area contributed by atoms with Crippen LogP contribution in [0.3, 0.4) is 0 Å². The van der Waals surface area contributed by atoms with E-state index < -0.39 is 11.7 Å². The van der Waals surface area contributed by atoms with Crippen LogP contribution in [0.2, 0.25) is 0 Å². The van der Waals surface area contributed by atoms with Crippen molar-refractivity contribution in [3.05, 3.63) is 0 Å². The predicted octanol–water partition coefficient (Wildman–Crippen LogP) is 1.73. The van der Waals surface area contributed by atoms with E-state index >= 15 is 0 Å². The first kappa shape index (κ1) is 16.7. The fraction of sp³-hybridized carbons (Fsp3) is 1.00. The molecule has 14 heavy (non-hydrogen) atoms. The van der Waals surface area contributed by atoms with Crippen LogP contribution in [0.15, 0.2) is 0 Å². The Kier molecular flexibility index (Phi) is 7.16. The largest absolute Gasteiger partial charge is 0.406 e. The molecule has 1 heterocycles. The standard InChI is InChI=1S/C7H13F3N2.2ClH/c1-11-6(7(8,9)10)2-4-12-5-3-6;;/h11-12H,2-5H2,1H3;2*1H. The second-order valence-electron chi connectivity index (χ2n) is 3.08. The van der Waals surface area contributed by atoms with Gasteiger partial charge in [0.05, 0.1) is 0 Å². The van der Waals surface area contributed by atoms with Gasteiger partial charge in [0.1, 0.15) is 5.54 Å². The lowest BCUT2D eigenvalue weighted by molar-refractivity contribution is -0.202. The van der Waals surface area contributed by atoms with Crippen LogP contribution in [0.25, 0.3) is 0 Å². The average molecular weight is 255 g/mol. The Bertz CT molecular complexity index is 158. The maximum absolute atomic E-state index is 12.5. The van der Waals surface area contributed by atoms with Crippen molar-refractivity contribution in [2.75, 3.05) is 20.1 Å². The molecule has 88 valence electrons. The lowest BCUT2D eigenvalue weighted by atomic mass is 9.88. The van der Waals surface area contributed by atoms with Gasteiger partial charge in [-0.2, -0.15) is 13.2 Å². The first-order valence-electron chi connectivity index (χ1n) is 3.98. The van der Waals surface area contributed by atoms with Gasteiger partial charge in [0.2, 0.25) is 0 Å². The second-order valence-corrected chi connectivity index (χ2v) is 3.08. The zero-order chi connectivity index (χ0) is 9.24. The van der Waals surface area contributed by atoms with Gasteiger partial charge in [0.25, 0.3) is 0 Å². The van der Waals surface area contributed by atoms with Gasteiger partial charge in [-0.3, -0.25) is 0 Å². The molecule has 0 atom stereocenters. The van der Waals surface area contributed by atoms with E-state index in [0.717, 1.165) is 0 Å². The van der Waals surface area contributed by atoms with Crippen molar-refractivity contribution < 1.29 is 13.2 Å². The van der Waals surface area contributed by atoms with Gasteiger partial charge >= 0.3 is 6.18 Å². The summed E-state index contributed by atoms with van der Waals surface area (Å²) in [5.41, 5.74) is -1.65. The summed E-state index contributed by atoms with van der Waals surface area (Å²) >= 11 is 0. The van der Waals surface area contributed by atoms with Gasteiger partial charge in [0.15, 0.2) is 0 Å². The van der Waals surface area contributed by atoms with Gasteiger partial charge in [-0.15, -0.1) is 24.8 Å². The van der Waals surface area contributed by atoms with E-state index in [0.29, 0.717) is 13.1 Å². The molecule has 0 aromatic rings. The minimum absolute atomic E-state index is 0. The number of hydrogen-bond acceptors (Lipinski definition) is 2. The number of halogens is 5. The smallest absolute Gasteiger partial charge is 0.317 e. The molecule has 7 heteroatoms. The number of nitrogens with one attached hydrogen (secondary N) is 2. The Morgan fingerprint density at radius 1 is 1.14 bits per heavy atom. The van der Waals surface area contributed by atoms with E-state index in [2.05, 4.69) is 10.6 Å². The van der Waals surface area contributed by atoms with Crippen molar-refractivity contribution in [2.45, 2.75) is 24.6 Å². The highest BCUT2D eigenvalue weighted by molar-refractivity contribution is 5.85. The maximum Gasteiger partial charge on any atom is 0.406 e. The van der Waals surface area contributed by atoms with E-state index in [9.17, 15) is 13.2 Å². The fourth-order valence-corrected chi connectivity index (χ4v) is 1.53. The molecule has 0 unspecified atom stereocenters. The minimum Gasteiger partial charge on any atom is -0.317 e. The zero-order valence-corrected chi connectivity index (χ0v) is 9.41. The molecule has 2 N–H and O–H groups in total. The fourth-order valence-electron chi connectivity index (χ4n) is 1.53. The van der Waals surface area contributed by atoms with Crippen molar-refractivity contribution in [3.8, 4) is 0 Å². The summed E-state index contributed by atoms with van der Waals surface area (Å²) in [7, 11) is 1.37. The predicted molar refractivity (Wildman–Crippen MR) is 54.4 cm³/mol. The van der Waals surface area contributed by atoms with Crippen LogP contribution in [0.1, 0.15) is 12.8 Å². The third-order valence-electron chi connectivity index (χ3n) is 2.48. The zero-order valence-electron chi connectivity index (χ0n) is 7.78. The van der Waals surface area contributed by atoms with E-state index in [4.69, 9.17) is 0 Å². The average Bonchev–Trinajstić information content (AvgIpc) is 2.04. The summed E-state index contributed by atoms with van der Waals surface area (Å²) in [5, 5.41) is 5.30. The second kappa shape index (κ2) is 6.00. The monoisotopic (exact) mass is 254 g/mol. The van der Waals surface area contributed by atoms with Gasteiger partial charge in [-0.1, -0.05) is 0 Å². The van der Waals surface area contributed by atoms with E-state index in [-0.39, 0.29) is 37.7 Å². The van der Waals surface area contributed by atoms with Gasteiger partial charge < -0.3 is 10.6 Å². The molecule has 0 saturated carbocycles. The summed E-state index contributed by atoms with van der Waals surface area (Å²) in [4.78, 5) is 0. The molecule has 0 radical (unpaired) electrons. The molecule has 1 rings (SSSR count). The quantitative estimate of drug-likeness (QED) is 0.745. The molecular weight excluding hydrogens is 240 g/mol. The molecule has 0 bridgehead atoms. The van der Waals surface area contributed by atoms with Crippen LogP contribution < -0.4 is 10.6 Å². The Morgan fingerprint density at radius 2 is 1.57 bits per heavy atom. The molecule has 0 amide bonds. The van der Waals surface area contributed by atoms with Crippen LogP contribution in [0.5, 0.6) is 0 Å². The topological polar surface area (TPSA) is 24.1 Å². The Labute approximate surface area is 93.8 Å². The van der Waals surface area contributed by atoms with Crippen LogP contribution in [-0.4, -0.2) is 31.9 Å². The van der Waals surface area contributed by atoms with E-state index in [1.807, 2.05) is 0 Å². The third kappa shape index (κ3) is 3.15. The maximum atomic E-state index is 12.5. The lowest BCUT2D eigenvalue weighted by Crippen LogP contribution is -2.60. The van der Waals surface area contributed by atoms with Crippen LogP contribution in [0, 0.1) is 0 Å². The molecule has 1 aliphatic rings. The molecule has 0 aliphatic carbocycles. The van der Waals surface area contributed by atoms with Gasteiger partial charge in [-0.05, 0) is 33.0 Å². The summed E-state index contributed by atoms with van der Waals surface area (Å²) in [6.07, 6.45) is -3.90. The van der Waals surface area contributed by atoms with Crippen LogP contribution in [-0.2, 0) is 0 Å². The normalized spacial score (nSPS) is 20.6. The van der Waals surface area contributed by atoms with Crippen molar-refractivity contribution in [1.29, 1.82) is 0 Å². The van der Waals surface area contributed by atoms with Gasteiger partial charge in [-0.25, -0.2) is 0 Å². The lowest BCUT2D eigenvalue weighted by Gasteiger charge is -2.38. The first-order chi connectivity index (χ1) is 5.52. The molecule has 1 aliphatic heterocycles. The van der Waals surface area contributed by atoms with Crippen molar-refractivity contribution in [3.63, 3.8) is 0 Å². The molecule has 0 aromatic heterocycles. The first-order valence-corrected chi connectivity index (χ1v) is 3.98. The summed E-state index contributed by atoms with van der Waals surface area (Å²) in [5.74, 6) is 0. The van der Waals surface area contributed by atoms with Crippen molar-refractivity contribution in [1.82, 2.24) is 10.6 Å². The SMILES string of the molecule is CNC1(C(F)(F)F)CCNCC1.Cl.Cl. The Morgan fingerprint density at radius 3 is 1.79 bits per heavy atom. The van der Waals surface area contributed by atoms with Crippen molar-refractivity contribution >= 4 is 24.8 Å². The summed E-state index contributed by atoms with van der Waals surface area (Å²) in [6.45, 7) is 0.862. The molecule has 0 aromatic carbocycles. The highest BCUT2D eigenvalue weighted by Gasteiger charge is 2.53. The molecule has 1 fully saturated rings. The van der Waals surface area contributed by atoms with E-state index in [1.54, 1.807) is 0 Å². The van der Waals surface area contributed by atoms with Crippen molar-refractivity contribution in [2.24, 2.45) is 0 Å². The Hall–Kier alpha value is 0.290. The van der Waals surface area contributed by atoms with Crippen LogP contribution in [0.4, 0.5) is 13.2 Å². The number of piperidine rings is 1. The summed E-state index contributed by atoms with van der Waals surface area (Å²) < 4.78 is 37.5. The van der Waals surface area contributed by atoms with Gasteiger partial charge in [0, 0.05) is 0 Å². The number of hydrogen-bond donors (Lipinski definition) is 2. The molecule has 2 nitrogen and oxygen atoms in total.